The van der Waals surface area contributed by atoms with Gasteiger partial charge in [-0.05, 0) is 43.3 Å². The van der Waals surface area contributed by atoms with E-state index in [0.29, 0.717) is 34.8 Å². The Morgan fingerprint density at radius 2 is 1.60 bits per heavy atom. The van der Waals surface area contributed by atoms with E-state index in [2.05, 4.69) is 49.4 Å². The first-order valence-electron chi connectivity index (χ1n) is 14.8. The predicted molar refractivity (Wildman–Crippen MR) is 176 cm³/mol. The second-order valence-electron chi connectivity index (χ2n) is 10.8. The first-order chi connectivity index (χ1) is 21.9. The average Bonchev–Trinajstić information content (AvgIpc) is 3.05. The maximum Gasteiger partial charge on any atom is 0.269 e. The van der Waals surface area contributed by atoms with Crippen LogP contribution < -0.4 is 32.0 Å². The van der Waals surface area contributed by atoms with Gasteiger partial charge >= 0.3 is 0 Å². The molecule has 0 saturated carbocycles. The van der Waals surface area contributed by atoms with Gasteiger partial charge in [0.25, 0.3) is 5.56 Å². The van der Waals surface area contributed by atoms with Crippen LogP contribution in [0.2, 0.25) is 0 Å². The van der Waals surface area contributed by atoms with E-state index in [1.54, 1.807) is 16.7 Å². The zero-order valence-electron chi connectivity index (χ0n) is 24.9. The van der Waals surface area contributed by atoms with E-state index < -0.39 is 6.04 Å². The van der Waals surface area contributed by atoms with Gasteiger partial charge in [-0.25, -0.2) is 4.98 Å². The number of nitrogens with two attached hydrogens (primary N) is 2. The van der Waals surface area contributed by atoms with E-state index in [-0.39, 0.29) is 28.7 Å². The second-order valence-corrected chi connectivity index (χ2v) is 10.8. The molecule has 0 aliphatic carbocycles. The molecule has 5 aromatic rings. The lowest BCUT2D eigenvalue weighted by molar-refractivity contribution is 0.201. The highest BCUT2D eigenvalue weighted by atomic mass is 16.5. The minimum Gasteiger partial charge on any atom is -0.491 e. The fourth-order valence-electron chi connectivity index (χ4n) is 5.59. The number of nitrogen functional groups attached to an aromatic ring is 2. The van der Waals surface area contributed by atoms with Crippen molar-refractivity contribution in [3.63, 3.8) is 0 Å². The maximum absolute atomic E-state index is 14.3. The topological polar surface area (TPSA) is 164 Å². The van der Waals surface area contributed by atoms with Crippen molar-refractivity contribution in [1.29, 1.82) is 5.26 Å². The van der Waals surface area contributed by atoms with E-state index in [0.717, 1.165) is 32.7 Å². The lowest BCUT2D eigenvalue weighted by Crippen LogP contribution is -2.47. The zero-order valence-corrected chi connectivity index (χ0v) is 24.9. The van der Waals surface area contributed by atoms with Crippen molar-refractivity contribution in [3.05, 3.63) is 101 Å². The van der Waals surface area contributed by atoms with Gasteiger partial charge in [-0.3, -0.25) is 14.3 Å². The Kier molecular flexibility index (Phi) is 8.43. The van der Waals surface area contributed by atoms with Crippen LogP contribution in [0.25, 0.3) is 16.6 Å². The molecule has 1 saturated heterocycles. The highest BCUT2D eigenvalue weighted by Crippen LogP contribution is 2.28. The minimum atomic E-state index is -0.581. The van der Waals surface area contributed by atoms with Gasteiger partial charge in [-0.1, -0.05) is 42.5 Å². The zero-order chi connectivity index (χ0) is 31.3. The third kappa shape index (κ3) is 6.20. The quantitative estimate of drug-likeness (QED) is 0.226. The summed E-state index contributed by atoms with van der Waals surface area (Å²) < 4.78 is 7.80. The van der Waals surface area contributed by atoms with E-state index in [1.165, 1.54) is 5.69 Å². The number of nitrogens with zero attached hydrogens (tertiary/aromatic N) is 7. The number of hydrogen-bond acceptors (Lipinski definition) is 11. The number of nitriles is 1. The SMILES string of the molecule is C[C@H](Nc1nc(N)nc(N)c1C#N)c1nc2cccc(OCCN3CCN(c4ccccc4)CC3)c2c(=O)n1-c1ccccc1. The van der Waals surface area contributed by atoms with Gasteiger partial charge in [0.2, 0.25) is 5.95 Å². The molecule has 45 heavy (non-hydrogen) atoms. The first kappa shape index (κ1) is 29.4. The molecule has 0 unspecified atom stereocenters. The summed E-state index contributed by atoms with van der Waals surface area (Å²) in [5, 5.41) is 13.2. The third-order valence-electron chi connectivity index (χ3n) is 7.87. The van der Waals surface area contributed by atoms with Crippen LogP contribution in [0.3, 0.4) is 0 Å². The van der Waals surface area contributed by atoms with Crippen LogP contribution in [-0.2, 0) is 0 Å². The van der Waals surface area contributed by atoms with Gasteiger partial charge in [0.05, 0.1) is 17.2 Å². The summed E-state index contributed by atoms with van der Waals surface area (Å²) in [7, 11) is 0. The number of nitrogens with one attached hydrogen (secondary N) is 1. The van der Waals surface area contributed by atoms with E-state index in [1.807, 2.05) is 55.5 Å². The largest absolute Gasteiger partial charge is 0.491 e. The fourth-order valence-corrected chi connectivity index (χ4v) is 5.59. The van der Waals surface area contributed by atoms with Gasteiger partial charge in [-0.15, -0.1) is 0 Å². The summed E-state index contributed by atoms with van der Waals surface area (Å²) in [6.45, 7) is 6.75. The Bertz CT molecular complexity index is 1900. The predicted octanol–water partition coefficient (Wildman–Crippen LogP) is 3.59. The molecule has 228 valence electrons. The fraction of sp³-hybridized carbons (Fsp3) is 0.242. The molecule has 12 nitrogen and oxygen atoms in total. The molecule has 5 N–H and O–H groups in total. The molecule has 1 aliphatic heterocycles. The number of para-hydroxylation sites is 2. The van der Waals surface area contributed by atoms with E-state index in [9.17, 15) is 10.1 Å². The van der Waals surface area contributed by atoms with Crippen LogP contribution in [0.4, 0.5) is 23.3 Å². The number of hydrogen-bond donors (Lipinski definition) is 3. The molecule has 1 aliphatic rings. The lowest BCUT2D eigenvalue weighted by Gasteiger charge is -2.36. The molecule has 6 rings (SSSR count). The molecule has 1 fully saturated rings. The van der Waals surface area contributed by atoms with E-state index in [4.69, 9.17) is 21.2 Å². The molecular formula is C33H34N10O2. The van der Waals surface area contributed by atoms with Crippen LogP contribution >= 0.6 is 0 Å². The minimum absolute atomic E-state index is 0.0357. The summed E-state index contributed by atoms with van der Waals surface area (Å²) in [6.07, 6.45) is 0. The van der Waals surface area contributed by atoms with Gasteiger partial charge in [-0.2, -0.15) is 15.2 Å². The molecule has 0 radical (unpaired) electrons. The Labute approximate surface area is 260 Å². The van der Waals surface area contributed by atoms with Crippen LogP contribution in [0.1, 0.15) is 24.4 Å². The van der Waals surface area contributed by atoms with Crippen molar-refractivity contribution >= 4 is 34.2 Å². The Hall–Kier alpha value is -5.67. The van der Waals surface area contributed by atoms with Crippen LogP contribution in [0, 0.1) is 11.3 Å². The molecule has 0 bridgehead atoms. The molecule has 1 atom stereocenters. The maximum atomic E-state index is 14.3. The first-order valence-corrected chi connectivity index (χ1v) is 14.8. The third-order valence-corrected chi connectivity index (χ3v) is 7.87. The van der Waals surface area contributed by atoms with Crippen molar-refractivity contribution in [2.75, 3.05) is 61.0 Å². The Balaban J connectivity index is 1.26. The number of ether oxygens (including phenoxy) is 1. The molecule has 2 aromatic heterocycles. The molecular weight excluding hydrogens is 568 g/mol. The van der Waals surface area contributed by atoms with Crippen LogP contribution in [0.15, 0.2) is 83.7 Å². The summed E-state index contributed by atoms with van der Waals surface area (Å²) in [5.74, 6) is 0.935. The smallest absolute Gasteiger partial charge is 0.269 e. The highest BCUT2D eigenvalue weighted by Gasteiger charge is 2.23. The second kappa shape index (κ2) is 12.9. The number of anilines is 4. The van der Waals surface area contributed by atoms with Crippen molar-refractivity contribution in [2.24, 2.45) is 0 Å². The highest BCUT2D eigenvalue weighted by molar-refractivity contribution is 5.84. The summed E-state index contributed by atoms with van der Waals surface area (Å²) in [5.41, 5.74) is 13.9. The van der Waals surface area contributed by atoms with Crippen LogP contribution in [0.5, 0.6) is 5.75 Å². The van der Waals surface area contributed by atoms with Gasteiger partial charge in [0.15, 0.2) is 5.82 Å². The van der Waals surface area contributed by atoms with Crippen LogP contribution in [-0.4, -0.2) is 63.7 Å². The molecule has 0 amide bonds. The lowest BCUT2D eigenvalue weighted by atomic mass is 10.1. The Morgan fingerprint density at radius 1 is 0.911 bits per heavy atom. The summed E-state index contributed by atoms with van der Waals surface area (Å²) in [6, 6.07) is 26.6. The number of rotatable bonds is 9. The van der Waals surface area contributed by atoms with Gasteiger partial charge in [0.1, 0.15) is 41.0 Å². The monoisotopic (exact) mass is 602 g/mol. The molecule has 0 spiro atoms. The van der Waals surface area contributed by atoms with Crippen molar-refractivity contribution in [3.8, 4) is 17.5 Å². The molecule has 12 heteroatoms. The number of benzene rings is 3. The molecule has 3 aromatic carbocycles. The average molecular weight is 603 g/mol. The normalized spacial score (nSPS) is 14.2. The van der Waals surface area contributed by atoms with Crippen molar-refractivity contribution in [1.82, 2.24) is 24.4 Å². The van der Waals surface area contributed by atoms with Crippen molar-refractivity contribution < 1.29 is 4.74 Å². The number of piperazine rings is 1. The van der Waals surface area contributed by atoms with Gasteiger partial charge < -0.3 is 26.4 Å². The van der Waals surface area contributed by atoms with Crippen molar-refractivity contribution in [2.45, 2.75) is 13.0 Å². The summed E-state index contributed by atoms with van der Waals surface area (Å²) >= 11 is 0. The molecule has 3 heterocycles. The van der Waals surface area contributed by atoms with Gasteiger partial charge in [0, 0.05) is 38.4 Å². The standard InChI is InChI=1S/C33H34N10O2/c1-22(37-30-25(21-34)29(35)39-33(36)40-30)31-38-26-13-8-14-27(28(26)32(44)43(31)24-11-6-3-7-12-24)45-20-19-41-15-17-42(18-16-41)23-9-4-2-5-10-23/h2-14,22H,15-20H2,1H3,(H5,35,36,37,39,40)/t22-/m0/s1. The van der Waals surface area contributed by atoms with E-state index >= 15 is 0 Å². The number of fused-ring (bicyclic) bond motifs is 1. The Morgan fingerprint density at radius 3 is 2.29 bits per heavy atom. The summed E-state index contributed by atoms with van der Waals surface area (Å²) in [4.78, 5) is 32.0. The number of aromatic nitrogens is 4.